The fraction of sp³-hybridized carbons (Fsp3) is 0.345. The number of urea groups is 1. The summed E-state index contributed by atoms with van der Waals surface area (Å²) in [6.07, 6.45) is 1.50. The van der Waals surface area contributed by atoms with Gasteiger partial charge in [-0.1, -0.05) is 55.5 Å². The monoisotopic (exact) mass is 530 g/mol. The van der Waals surface area contributed by atoms with E-state index in [2.05, 4.69) is 39.6 Å². The predicted molar refractivity (Wildman–Crippen MR) is 153 cm³/mol. The minimum Gasteiger partial charge on any atom is -0.323 e. The van der Waals surface area contributed by atoms with Crippen molar-refractivity contribution < 1.29 is 9.59 Å². The van der Waals surface area contributed by atoms with Crippen molar-refractivity contribution in [2.24, 2.45) is 0 Å². The number of thiophene rings is 1. The number of benzene rings is 2. The molecule has 0 spiro atoms. The van der Waals surface area contributed by atoms with Gasteiger partial charge in [0, 0.05) is 36.9 Å². The fourth-order valence-electron chi connectivity index (χ4n) is 5.09. The maximum Gasteiger partial charge on any atom is 0.320 e. The summed E-state index contributed by atoms with van der Waals surface area (Å²) in [4.78, 5) is 33.5. The first kappa shape index (κ1) is 25.9. The van der Waals surface area contributed by atoms with E-state index in [4.69, 9.17) is 0 Å². The quantitative estimate of drug-likeness (QED) is 0.358. The van der Waals surface area contributed by atoms with Crippen LogP contribution in [0, 0.1) is 0 Å². The summed E-state index contributed by atoms with van der Waals surface area (Å²) in [5, 5.41) is 11.5. The third-order valence-electron chi connectivity index (χ3n) is 7.14. The molecule has 2 aromatic carbocycles. The van der Waals surface area contributed by atoms with Crippen LogP contribution in [0.15, 0.2) is 60.7 Å². The van der Waals surface area contributed by atoms with E-state index in [1.807, 2.05) is 67.4 Å². The summed E-state index contributed by atoms with van der Waals surface area (Å²) in [5.41, 5.74) is 2.91. The Morgan fingerprint density at radius 2 is 1.89 bits per heavy atom. The van der Waals surface area contributed by atoms with Crippen molar-refractivity contribution in [3.63, 3.8) is 0 Å². The molecule has 0 aliphatic carbocycles. The molecule has 1 fully saturated rings. The Morgan fingerprint density at radius 3 is 2.66 bits per heavy atom. The molecule has 38 heavy (non-hydrogen) atoms. The van der Waals surface area contributed by atoms with Crippen LogP contribution in [-0.4, -0.2) is 76.6 Å². The molecule has 1 aliphatic heterocycles. The number of rotatable bonds is 7. The molecular formula is C29H34N6O2S. The Balaban J connectivity index is 1.31. The maximum absolute atomic E-state index is 13.7. The summed E-state index contributed by atoms with van der Waals surface area (Å²) in [5.74, 6) is 0.359. The molecule has 0 bridgehead atoms. The number of nitrogens with one attached hydrogen (secondary N) is 2. The molecule has 3 heterocycles. The van der Waals surface area contributed by atoms with Gasteiger partial charge in [-0.15, -0.1) is 11.3 Å². The Labute approximate surface area is 227 Å². The number of carbonyl (C=O) groups is 2. The van der Waals surface area contributed by atoms with Crippen molar-refractivity contribution in [1.82, 2.24) is 24.9 Å². The van der Waals surface area contributed by atoms with E-state index < -0.39 is 0 Å². The number of anilines is 1. The number of hydrogen-bond acceptors (Lipinski definition) is 5. The number of H-pyrrole nitrogens is 1. The maximum atomic E-state index is 13.7. The summed E-state index contributed by atoms with van der Waals surface area (Å²) < 4.78 is 1.07. The summed E-state index contributed by atoms with van der Waals surface area (Å²) in [6, 6.07) is 20.3. The highest BCUT2D eigenvalue weighted by Gasteiger charge is 2.31. The standard InChI is InChI=1S/C29H34N6O2S/c1-4-24-23(27(32-31-24)30-28(36)26-17-21-12-8-9-13-25(21)38-26)19-34(3)29(37)35-15-14-33(2)18-22(35)16-20-10-6-5-7-11-20/h5-13,17,22H,4,14-16,18-19H2,1-3H3,(H2,30,31,32,36)/t22-/m0/s1. The van der Waals surface area contributed by atoms with E-state index in [1.54, 1.807) is 4.90 Å². The number of nitrogens with zero attached hydrogens (tertiary/aromatic N) is 4. The summed E-state index contributed by atoms with van der Waals surface area (Å²) in [7, 11) is 3.93. The van der Waals surface area contributed by atoms with Crippen LogP contribution in [0.1, 0.15) is 33.4 Å². The lowest BCUT2D eigenvalue weighted by Crippen LogP contribution is -2.57. The average molecular weight is 531 g/mol. The van der Waals surface area contributed by atoms with Gasteiger partial charge >= 0.3 is 6.03 Å². The zero-order valence-electron chi connectivity index (χ0n) is 22.1. The predicted octanol–water partition coefficient (Wildman–Crippen LogP) is 4.85. The van der Waals surface area contributed by atoms with Gasteiger partial charge in [-0.25, -0.2) is 4.79 Å². The van der Waals surface area contributed by atoms with Crippen LogP contribution in [0.25, 0.3) is 10.1 Å². The van der Waals surface area contributed by atoms with Gasteiger partial charge in [-0.2, -0.15) is 5.10 Å². The smallest absolute Gasteiger partial charge is 0.320 e. The van der Waals surface area contributed by atoms with E-state index in [1.165, 1.54) is 16.9 Å². The molecule has 8 nitrogen and oxygen atoms in total. The highest BCUT2D eigenvalue weighted by molar-refractivity contribution is 7.20. The molecule has 4 aromatic rings. The lowest BCUT2D eigenvalue weighted by molar-refractivity contribution is 0.0886. The normalized spacial score (nSPS) is 16.1. The topological polar surface area (TPSA) is 84.6 Å². The SMILES string of the molecule is CCc1n[nH]c(NC(=O)c2cc3ccccc3s2)c1CN(C)C(=O)N1CCN(C)C[C@@H]1Cc1ccccc1. The minimum atomic E-state index is -0.185. The Hall–Kier alpha value is -3.69. The number of likely N-dealkylation sites (N-methyl/N-ethyl adjacent to an activating group) is 1. The van der Waals surface area contributed by atoms with Crippen LogP contribution in [0.2, 0.25) is 0 Å². The van der Waals surface area contributed by atoms with Crippen LogP contribution in [0.5, 0.6) is 0 Å². The highest BCUT2D eigenvalue weighted by atomic mass is 32.1. The number of piperazine rings is 1. The number of carbonyl (C=O) groups excluding carboxylic acids is 2. The third kappa shape index (κ3) is 5.58. The van der Waals surface area contributed by atoms with Crippen molar-refractivity contribution >= 4 is 39.2 Å². The van der Waals surface area contributed by atoms with E-state index in [-0.39, 0.29) is 18.0 Å². The van der Waals surface area contributed by atoms with E-state index >= 15 is 0 Å². The highest BCUT2D eigenvalue weighted by Crippen LogP contribution is 2.27. The van der Waals surface area contributed by atoms with Gasteiger partial charge in [-0.3, -0.25) is 9.89 Å². The van der Waals surface area contributed by atoms with Crippen LogP contribution in [0.3, 0.4) is 0 Å². The number of amides is 3. The summed E-state index contributed by atoms with van der Waals surface area (Å²) >= 11 is 1.46. The zero-order valence-corrected chi connectivity index (χ0v) is 22.9. The second-order valence-corrected chi connectivity index (χ2v) is 11.0. The first-order valence-electron chi connectivity index (χ1n) is 13.0. The molecule has 2 aromatic heterocycles. The molecule has 1 atom stereocenters. The van der Waals surface area contributed by atoms with Gasteiger partial charge in [0.2, 0.25) is 0 Å². The van der Waals surface area contributed by atoms with Gasteiger partial charge in [0.05, 0.1) is 23.2 Å². The van der Waals surface area contributed by atoms with Gasteiger partial charge in [0.15, 0.2) is 0 Å². The number of aromatic amines is 1. The fourth-order valence-corrected chi connectivity index (χ4v) is 6.04. The molecule has 0 saturated carbocycles. The molecule has 198 valence electrons. The Morgan fingerprint density at radius 1 is 1.13 bits per heavy atom. The third-order valence-corrected chi connectivity index (χ3v) is 8.26. The van der Waals surface area contributed by atoms with Gasteiger partial charge in [0.1, 0.15) is 5.82 Å². The lowest BCUT2D eigenvalue weighted by atomic mass is 10.0. The van der Waals surface area contributed by atoms with E-state index in [0.717, 1.165) is 40.9 Å². The Bertz CT molecular complexity index is 1380. The van der Waals surface area contributed by atoms with Gasteiger partial charge in [0.25, 0.3) is 5.91 Å². The molecule has 1 aliphatic rings. The largest absolute Gasteiger partial charge is 0.323 e. The molecule has 1 saturated heterocycles. The molecule has 2 N–H and O–H groups in total. The second-order valence-electron chi connectivity index (χ2n) is 9.92. The lowest BCUT2D eigenvalue weighted by Gasteiger charge is -2.41. The molecule has 0 unspecified atom stereocenters. The van der Waals surface area contributed by atoms with Gasteiger partial charge < -0.3 is 20.0 Å². The molecule has 9 heteroatoms. The van der Waals surface area contributed by atoms with Crippen LogP contribution in [-0.2, 0) is 19.4 Å². The second kappa shape index (κ2) is 11.4. The van der Waals surface area contributed by atoms with Crippen molar-refractivity contribution in [3.8, 4) is 0 Å². The van der Waals surface area contributed by atoms with Crippen molar-refractivity contribution in [1.29, 1.82) is 0 Å². The first-order chi connectivity index (χ1) is 18.4. The number of aromatic nitrogens is 2. The van der Waals surface area contributed by atoms with Gasteiger partial charge in [-0.05, 0) is 43.0 Å². The van der Waals surface area contributed by atoms with Crippen LogP contribution < -0.4 is 5.32 Å². The molecular weight excluding hydrogens is 496 g/mol. The molecule has 0 radical (unpaired) electrons. The van der Waals surface area contributed by atoms with Crippen LogP contribution in [0.4, 0.5) is 10.6 Å². The average Bonchev–Trinajstić information content (AvgIpc) is 3.53. The number of aryl methyl sites for hydroxylation is 1. The first-order valence-corrected chi connectivity index (χ1v) is 13.8. The zero-order chi connectivity index (χ0) is 26.6. The summed E-state index contributed by atoms with van der Waals surface area (Å²) in [6.45, 7) is 4.73. The van der Waals surface area contributed by atoms with Crippen molar-refractivity contribution in [2.45, 2.75) is 32.4 Å². The minimum absolute atomic E-state index is 0.0101. The number of hydrogen-bond donors (Lipinski definition) is 2. The van der Waals surface area contributed by atoms with E-state index in [0.29, 0.717) is 30.2 Å². The number of fused-ring (bicyclic) bond motifs is 1. The molecule has 5 rings (SSSR count). The van der Waals surface area contributed by atoms with E-state index in [9.17, 15) is 9.59 Å². The van der Waals surface area contributed by atoms with Crippen molar-refractivity contribution in [3.05, 3.63) is 82.4 Å². The molecule has 3 amide bonds. The van der Waals surface area contributed by atoms with Crippen molar-refractivity contribution in [2.75, 3.05) is 39.0 Å². The van der Waals surface area contributed by atoms with Crippen LogP contribution >= 0.6 is 11.3 Å². The Kier molecular flexibility index (Phi) is 7.76.